The number of amides is 1. The average Bonchev–Trinajstić information content (AvgIpc) is 2.51. The zero-order valence-electron chi connectivity index (χ0n) is 12.1. The molecule has 0 bridgehead atoms. The number of halogens is 3. The Bertz CT molecular complexity index is 676. The van der Waals surface area contributed by atoms with Crippen LogP contribution in [0.25, 0.3) is 10.8 Å². The van der Waals surface area contributed by atoms with Gasteiger partial charge in [0.2, 0.25) is 5.91 Å². The van der Waals surface area contributed by atoms with Crippen LogP contribution in [-0.4, -0.2) is 35.2 Å². The summed E-state index contributed by atoms with van der Waals surface area (Å²) in [6.07, 6.45) is -5.19. The number of aliphatic hydroxyl groups excluding tert-OH is 1. The van der Waals surface area contributed by atoms with Crippen LogP contribution in [0.1, 0.15) is 11.7 Å². The number of nitrogens with one attached hydrogen (secondary N) is 1. The van der Waals surface area contributed by atoms with Crippen molar-refractivity contribution in [2.45, 2.75) is 12.3 Å². The van der Waals surface area contributed by atoms with Gasteiger partial charge in [-0.25, -0.2) is 0 Å². The quantitative estimate of drug-likeness (QED) is 0.846. The maximum Gasteiger partial charge on any atom is 0.397 e. The minimum atomic E-state index is -4.28. The van der Waals surface area contributed by atoms with Gasteiger partial charge in [0.15, 0.2) is 0 Å². The SMILES string of the molecule is O=C(CSCC(F)(F)F)NCC(O)c1ccc2ccccc2c1. The summed E-state index contributed by atoms with van der Waals surface area (Å²) in [6, 6.07) is 13.1. The number of thioether (sulfide) groups is 1. The summed E-state index contributed by atoms with van der Waals surface area (Å²) in [6.45, 7) is -0.0379. The number of carbonyl (C=O) groups is 1. The van der Waals surface area contributed by atoms with E-state index >= 15 is 0 Å². The van der Waals surface area contributed by atoms with Crippen LogP contribution in [0, 0.1) is 0 Å². The number of benzene rings is 2. The van der Waals surface area contributed by atoms with E-state index in [1.807, 2.05) is 36.4 Å². The molecule has 2 N–H and O–H groups in total. The molecule has 1 atom stereocenters. The lowest BCUT2D eigenvalue weighted by atomic mass is 10.0. The van der Waals surface area contributed by atoms with E-state index in [2.05, 4.69) is 5.32 Å². The molecule has 0 aromatic heterocycles. The second-order valence-corrected chi connectivity index (χ2v) is 6.02. The first-order chi connectivity index (χ1) is 10.8. The molecule has 0 fully saturated rings. The Kier molecular flexibility index (Phi) is 5.90. The molecule has 124 valence electrons. The zero-order valence-corrected chi connectivity index (χ0v) is 13.0. The van der Waals surface area contributed by atoms with E-state index in [0.717, 1.165) is 10.8 Å². The Morgan fingerprint density at radius 1 is 1.17 bits per heavy atom. The Morgan fingerprint density at radius 3 is 2.57 bits per heavy atom. The third kappa shape index (κ3) is 5.76. The van der Waals surface area contributed by atoms with Crippen LogP contribution in [0.15, 0.2) is 42.5 Å². The topological polar surface area (TPSA) is 49.3 Å². The fraction of sp³-hybridized carbons (Fsp3) is 0.312. The first-order valence-corrected chi connectivity index (χ1v) is 8.08. The highest BCUT2D eigenvalue weighted by Crippen LogP contribution is 2.21. The molecule has 1 amide bonds. The molecule has 2 aromatic carbocycles. The number of hydrogen-bond donors (Lipinski definition) is 2. The summed E-state index contributed by atoms with van der Waals surface area (Å²) >= 11 is 0.499. The number of rotatable bonds is 6. The maximum absolute atomic E-state index is 12.0. The number of alkyl halides is 3. The molecule has 0 saturated heterocycles. The van der Waals surface area contributed by atoms with Gasteiger partial charge >= 0.3 is 6.18 Å². The molecule has 0 aliphatic heterocycles. The lowest BCUT2D eigenvalue weighted by Gasteiger charge is -2.13. The minimum Gasteiger partial charge on any atom is -0.387 e. The Balaban J connectivity index is 1.83. The fourth-order valence-electron chi connectivity index (χ4n) is 2.05. The predicted octanol–water partition coefficient (Wildman–Crippen LogP) is 3.28. The third-order valence-corrected chi connectivity index (χ3v) is 4.15. The molecular weight excluding hydrogens is 327 g/mol. The van der Waals surface area contributed by atoms with Crippen LogP contribution < -0.4 is 5.32 Å². The van der Waals surface area contributed by atoms with Crippen molar-refractivity contribution in [3.05, 3.63) is 48.0 Å². The highest BCUT2D eigenvalue weighted by atomic mass is 32.2. The normalized spacial score (nSPS) is 13.0. The van der Waals surface area contributed by atoms with Crippen molar-refractivity contribution in [3.8, 4) is 0 Å². The van der Waals surface area contributed by atoms with Crippen LogP contribution in [0.5, 0.6) is 0 Å². The van der Waals surface area contributed by atoms with Gasteiger partial charge in [-0.15, -0.1) is 11.8 Å². The van der Waals surface area contributed by atoms with E-state index in [-0.39, 0.29) is 12.3 Å². The fourth-order valence-corrected chi connectivity index (χ4v) is 2.67. The average molecular weight is 343 g/mol. The minimum absolute atomic E-state index is 0.0379. The van der Waals surface area contributed by atoms with Crippen LogP contribution in [-0.2, 0) is 4.79 Å². The van der Waals surface area contributed by atoms with Crippen molar-refractivity contribution in [1.82, 2.24) is 5.32 Å². The summed E-state index contributed by atoms with van der Waals surface area (Å²) in [7, 11) is 0. The lowest BCUT2D eigenvalue weighted by Crippen LogP contribution is -2.30. The van der Waals surface area contributed by atoms with E-state index < -0.39 is 23.9 Å². The van der Waals surface area contributed by atoms with E-state index in [0.29, 0.717) is 17.3 Å². The van der Waals surface area contributed by atoms with Gasteiger partial charge in [-0.3, -0.25) is 4.79 Å². The summed E-state index contributed by atoms with van der Waals surface area (Å²) in [5.41, 5.74) is 0.645. The largest absolute Gasteiger partial charge is 0.397 e. The highest BCUT2D eigenvalue weighted by Gasteiger charge is 2.27. The van der Waals surface area contributed by atoms with Crippen molar-refractivity contribution in [1.29, 1.82) is 0 Å². The van der Waals surface area contributed by atoms with Crippen LogP contribution in [0.3, 0.4) is 0 Å². The van der Waals surface area contributed by atoms with Crippen molar-refractivity contribution in [2.24, 2.45) is 0 Å². The number of aliphatic hydroxyl groups is 1. The van der Waals surface area contributed by atoms with Gasteiger partial charge in [-0.1, -0.05) is 36.4 Å². The molecule has 23 heavy (non-hydrogen) atoms. The summed E-state index contributed by atoms with van der Waals surface area (Å²) in [5, 5.41) is 14.5. The van der Waals surface area contributed by atoms with Gasteiger partial charge in [0.25, 0.3) is 0 Å². The molecule has 3 nitrogen and oxygen atoms in total. The molecule has 0 saturated carbocycles. The molecule has 0 radical (unpaired) electrons. The molecule has 0 spiro atoms. The van der Waals surface area contributed by atoms with Crippen molar-refractivity contribution < 1.29 is 23.1 Å². The highest BCUT2D eigenvalue weighted by molar-refractivity contribution is 8.00. The zero-order chi connectivity index (χ0) is 16.9. The number of carbonyl (C=O) groups excluding carboxylic acids is 1. The maximum atomic E-state index is 12.0. The first-order valence-electron chi connectivity index (χ1n) is 6.93. The van der Waals surface area contributed by atoms with E-state index in [1.165, 1.54) is 0 Å². The molecule has 1 unspecified atom stereocenters. The lowest BCUT2D eigenvalue weighted by molar-refractivity contribution is -0.119. The predicted molar refractivity (Wildman–Crippen MR) is 85.3 cm³/mol. The Hall–Kier alpha value is -1.73. The monoisotopic (exact) mass is 343 g/mol. The number of fused-ring (bicyclic) bond motifs is 1. The van der Waals surface area contributed by atoms with E-state index in [9.17, 15) is 23.1 Å². The second-order valence-electron chi connectivity index (χ2n) is 5.03. The molecule has 2 aromatic rings. The molecule has 0 aliphatic carbocycles. The molecule has 0 heterocycles. The smallest absolute Gasteiger partial charge is 0.387 e. The summed E-state index contributed by atoms with van der Waals surface area (Å²) in [5.74, 6) is -1.88. The third-order valence-electron chi connectivity index (χ3n) is 3.15. The van der Waals surface area contributed by atoms with Gasteiger partial charge in [0.05, 0.1) is 17.6 Å². The van der Waals surface area contributed by atoms with Crippen molar-refractivity contribution in [2.75, 3.05) is 18.1 Å². The van der Waals surface area contributed by atoms with Crippen molar-refractivity contribution >= 4 is 28.4 Å². The van der Waals surface area contributed by atoms with E-state index in [1.54, 1.807) is 6.07 Å². The Morgan fingerprint density at radius 2 is 1.87 bits per heavy atom. The summed E-state index contributed by atoms with van der Waals surface area (Å²) < 4.78 is 35.9. The van der Waals surface area contributed by atoms with Gasteiger partial charge < -0.3 is 10.4 Å². The standard InChI is InChI=1S/C16H16F3NO2S/c17-16(18,19)10-23-9-15(22)20-8-14(21)13-6-5-11-3-1-2-4-12(11)7-13/h1-7,14,21H,8-10H2,(H,20,22). The second kappa shape index (κ2) is 7.70. The van der Waals surface area contributed by atoms with Gasteiger partial charge in [0, 0.05) is 6.54 Å². The molecule has 2 rings (SSSR count). The van der Waals surface area contributed by atoms with Gasteiger partial charge in [-0.05, 0) is 22.4 Å². The molecule has 0 aliphatic rings. The molecular formula is C16H16F3NO2S. The van der Waals surface area contributed by atoms with Crippen molar-refractivity contribution in [3.63, 3.8) is 0 Å². The van der Waals surface area contributed by atoms with Crippen LogP contribution >= 0.6 is 11.8 Å². The van der Waals surface area contributed by atoms with Gasteiger partial charge in [-0.2, -0.15) is 13.2 Å². The first kappa shape index (κ1) is 17.6. The number of hydrogen-bond acceptors (Lipinski definition) is 3. The van der Waals surface area contributed by atoms with Crippen LogP contribution in [0.4, 0.5) is 13.2 Å². The molecule has 7 heteroatoms. The van der Waals surface area contributed by atoms with Crippen LogP contribution in [0.2, 0.25) is 0 Å². The summed E-state index contributed by atoms with van der Waals surface area (Å²) in [4.78, 5) is 11.5. The van der Waals surface area contributed by atoms with Gasteiger partial charge in [0.1, 0.15) is 0 Å². The van der Waals surface area contributed by atoms with E-state index in [4.69, 9.17) is 0 Å². The Labute approximate surface area is 135 Å².